The van der Waals surface area contributed by atoms with Crippen molar-refractivity contribution in [1.29, 1.82) is 0 Å². The van der Waals surface area contributed by atoms with Gasteiger partial charge in [0.15, 0.2) is 0 Å². The van der Waals surface area contributed by atoms with Crippen molar-refractivity contribution in [1.82, 2.24) is 0 Å². The maximum Gasteiger partial charge on any atom is 0.302 e. The molecule has 96 valence electrons. The van der Waals surface area contributed by atoms with Gasteiger partial charge in [-0.15, -0.1) is 0 Å². The normalized spacial score (nSPS) is 41.4. The molecule has 1 fully saturated rings. The summed E-state index contributed by atoms with van der Waals surface area (Å²) in [6, 6.07) is 0. The number of hydrogen-bond acceptors (Lipinski definition) is 2. The Bertz CT molecular complexity index is 345. The third-order valence-electron chi connectivity index (χ3n) is 4.93. The van der Waals surface area contributed by atoms with Crippen molar-refractivity contribution in [2.24, 2.45) is 17.3 Å². The first kappa shape index (κ1) is 12.7. The van der Waals surface area contributed by atoms with Crippen molar-refractivity contribution in [2.75, 3.05) is 0 Å². The van der Waals surface area contributed by atoms with Gasteiger partial charge in [0, 0.05) is 13.3 Å². The molecular weight excluding hydrogens is 212 g/mol. The maximum absolute atomic E-state index is 11.1. The number of ether oxygens (including phenoxy) is 1. The third kappa shape index (κ3) is 2.27. The van der Waals surface area contributed by atoms with Gasteiger partial charge in [-0.05, 0) is 36.5 Å². The summed E-state index contributed by atoms with van der Waals surface area (Å²) in [6.45, 7) is 8.49. The lowest BCUT2D eigenvalue weighted by Crippen LogP contribution is -2.42. The zero-order chi connectivity index (χ0) is 12.6. The fourth-order valence-corrected chi connectivity index (χ4v) is 3.61. The van der Waals surface area contributed by atoms with Gasteiger partial charge in [0.2, 0.25) is 0 Å². The van der Waals surface area contributed by atoms with Crippen LogP contribution in [0.5, 0.6) is 0 Å². The molecule has 0 spiro atoms. The van der Waals surface area contributed by atoms with Crippen LogP contribution in [0.3, 0.4) is 0 Å². The van der Waals surface area contributed by atoms with E-state index in [0.29, 0.717) is 11.3 Å². The largest absolute Gasteiger partial charge is 0.462 e. The number of rotatable bonds is 1. The summed E-state index contributed by atoms with van der Waals surface area (Å²) >= 11 is 0. The molecule has 0 N–H and O–H groups in total. The lowest BCUT2D eigenvalue weighted by Gasteiger charge is -2.48. The van der Waals surface area contributed by atoms with Gasteiger partial charge in [0.25, 0.3) is 0 Å². The van der Waals surface area contributed by atoms with Gasteiger partial charge in [-0.2, -0.15) is 0 Å². The van der Waals surface area contributed by atoms with Gasteiger partial charge in [-0.3, -0.25) is 4.79 Å². The number of esters is 1. The Balaban J connectivity index is 2.18. The lowest BCUT2D eigenvalue weighted by molar-refractivity contribution is -0.151. The van der Waals surface area contributed by atoms with Crippen molar-refractivity contribution in [3.63, 3.8) is 0 Å². The summed E-state index contributed by atoms with van der Waals surface area (Å²) in [6.07, 6.45) is 7.07. The first-order chi connectivity index (χ1) is 7.93. The quantitative estimate of drug-likeness (QED) is 0.512. The first-order valence-electron chi connectivity index (χ1n) is 6.80. The van der Waals surface area contributed by atoms with E-state index >= 15 is 0 Å². The SMILES string of the molecule is CC(=O)O[C@H]1CC2=CCC[C@@H](C)[C@]2(C)CC1C. The van der Waals surface area contributed by atoms with Gasteiger partial charge in [0.05, 0.1) is 0 Å². The van der Waals surface area contributed by atoms with Crippen LogP contribution in [-0.2, 0) is 9.53 Å². The van der Waals surface area contributed by atoms with Crippen molar-refractivity contribution in [2.45, 2.75) is 59.5 Å². The Morgan fingerprint density at radius 3 is 2.82 bits per heavy atom. The molecule has 17 heavy (non-hydrogen) atoms. The van der Waals surface area contributed by atoms with Gasteiger partial charge < -0.3 is 4.74 Å². The molecule has 1 unspecified atom stereocenters. The van der Waals surface area contributed by atoms with Crippen molar-refractivity contribution in [3.8, 4) is 0 Å². The Hall–Kier alpha value is -0.790. The molecule has 0 bridgehead atoms. The molecule has 0 aromatic rings. The Kier molecular flexibility index (Phi) is 3.33. The zero-order valence-electron chi connectivity index (χ0n) is 11.5. The predicted molar refractivity (Wildman–Crippen MR) is 68.5 cm³/mol. The van der Waals surface area contributed by atoms with Crippen molar-refractivity contribution < 1.29 is 9.53 Å². The monoisotopic (exact) mass is 236 g/mol. The molecule has 2 nitrogen and oxygen atoms in total. The number of carbonyl (C=O) groups is 1. The van der Waals surface area contributed by atoms with Crippen molar-refractivity contribution >= 4 is 5.97 Å². The fourth-order valence-electron chi connectivity index (χ4n) is 3.61. The summed E-state index contributed by atoms with van der Waals surface area (Å²) in [7, 11) is 0. The van der Waals surface area contributed by atoms with E-state index < -0.39 is 0 Å². The van der Waals surface area contributed by atoms with Gasteiger partial charge >= 0.3 is 5.97 Å². The molecule has 2 aliphatic carbocycles. The van der Waals surface area contributed by atoms with Crippen LogP contribution in [0.1, 0.15) is 53.4 Å². The summed E-state index contributed by atoms with van der Waals surface area (Å²) in [5, 5.41) is 0. The Morgan fingerprint density at radius 2 is 2.18 bits per heavy atom. The second-order valence-corrected chi connectivity index (χ2v) is 6.16. The van der Waals surface area contributed by atoms with Crippen LogP contribution in [0.15, 0.2) is 11.6 Å². The number of allylic oxidation sites excluding steroid dienone is 1. The topological polar surface area (TPSA) is 26.3 Å². The summed E-state index contributed by atoms with van der Waals surface area (Å²) < 4.78 is 5.45. The standard InChI is InChI=1S/C15H24O2/c1-10-9-15(4)11(2)6-5-7-13(15)8-14(10)17-12(3)16/h7,10-11,14H,5-6,8-9H2,1-4H3/t10?,11-,14+,15+/m1/s1. The highest BCUT2D eigenvalue weighted by Crippen LogP contribution is 2.52. The van der Waals surface area contributed by atoms with Crippen LogP contribution < -0.4 is 0 Å². The summed E-state index contributed by atoms with van der Waals surface area (Å²) in [4.78, 5) is 11.1. The first-order valence-corrected chi connectivity index (χ1v) is 6.80. The van der Waals surface area contributed by atoms with Crippen LogP contribution in [0, 0.1) is 17.3 Å². The average Bonchev–Trinajstić information content (AvgIpc) is 2.22. The smallest absolute Gasteiger partial charge is 0.302 e. The highest BCUT2D eigenvalue weighted by atomic mass is 16.5. The number of fused-ring (bicyclic) bond motifs is 1. The van der Waals surface area contributed by atoms with E-state index in [0.717, 1.165) is 18.8 Å². The zero-order valence-corrected chi connectivity index (χ0v) is 11.5. The van der Waals surface area contributed by atoms with Crippen LogP contribution in [0.4, 0.5) is 0 Å². The average molecular weight is 236 g/mol. The summed E-state index contributed by atoms with van der Waals surface area (Å²) in [5.74, 6) is 1.08. The van der Waals surface area contributed by atoms with Gasteiger partial charge in [0.1, 0.15) is 6.10 Å². The summed E-state index contributed by atoms with van der Waals surface area (Å²) in [5.41, 5.74) is 1.87. The minimum atomic E-state index is -0.144. The highest BCUT2D eigenvalue weighted by molar-refractivity contribution is 5.66. The number of carbonyl (C=O) groups excluding carboxylic acids is 1. The molecule has 1 saturated carbocycles. The molecule has 4 atom stereocenters. The van der Waals surface area contributed by atoms with Crippen LogP contribution in [0.25, 0.3) is 0 Å². The van der Waals surface area contributed by atoms with E-state index in [9.17, 15) is 4.79 Å². The molecule has 2 aliphatic rings. The van der Waals surface area contributed by atoms with E-state index in [2.05, 4.69) is 26.8 Å². The molecule has 2 rings (SSSR count). The molecule has 0 heterocycles. The molecular formula is C15H24O2. The fraction of sp³-hybridized carbons (Fsp3) is 0.800. The van der Waals surface area contributed by atoms with E-state index in [4.69, 9.17) is 4.74 Å². The molecule has 2 heteroatoms. The molecule has 0 aromatic heterocycles. The van der Waals surface area contributed by atoms with E-state index in [-0.39, 0.29) is 12.1 Å². The minimum Gasteiger partial charge on any atom is -0.462 e. The molecule has 0 amide bonds. The maximum atomic E-state index is 11.1. The minimum absolute atomic E-state index is 0.0946. The second-order valence-electron chi connectivity index (χ2n) is 6.16. The van der Waals surface area contributed by atoms with Gasteiger partial charge in [-0.1, -0.05) is 32.4 Å². The van der Waals surface area contributed by atoms with Crippen LogP contribution >= 0.6 is 0 Å². The Morgan fingerprint density at radius 1 is 1.47 bits per heavy atom. The highest BCUT2D eigenvalue weighted by Gasteiger charge is 2.44. The van der Waals surface area contributed by atoms with E-state index in [1.807, 2.05) is 0 Å². The third-order valence-corrected chi connectivity index (χ3v) is 4.93. The van der Waals surface area contributed by atoms with Crippen LogP contribution in [0.2, 0.25) is 0 Å². The lowest BCUT2D eigenvalue weighted by atomic mass is 9.58. The van der Waals surface area contributed by atoms with E-state index in [1.165, 1.54) is 25.3 Å². The molecule has 0 aliphatic heterocycles. The Labute approximate surface area is 104 Å². The molecule has 0 radical (unpaired) electrons. The van der Waals surface area contributed by atoms with Crippen LogP contribution in [-0.4, -0.2) is 12.1 Å². The van der Waals surface area contributed by atoms with E-state index in [1.54, 1.807) is 0 Å². The molecule has 0 saturated heterocycles. The van der Waals surface area contributed by atoms with Crippen molar-refractivity contribution in [3.05, 3.63) is 11.6 Å². The van der Waals surface area contributed by atoms with Gasteiger partial charge in [-0.25, -0.2) is 0 Å². The molecule has 0 aromatic carbocycles. The second kappa shape index (κ2) is 4.47. The number of hydrogen-bond donors (Lipinski definition) is 0. The predicted octanol–water partition coefficient (Wildman–Crippen LogP) is 3.71.